The molecule has 0 saturated heterocycles. The van der Waals surface area contributed by atoms with Crippen molar-refractivity contribution in [3.05, 3.63) is 24.3 Å². The van der Waals surface area contributed by atoms with Crippen LogP contribution in [0, 0.1) is 12.3 Å². The van der Waals surface area contributed by atoms with Gasteiger partial charge in [-0.3, -0.25) is 0 Å². The van der Waals surface area contributed by atoms with Crippen LogP contribution in [0.3, 0.4) is 0 Å². The third-order valence-electron chi connectivity index (χ3n) is 1.31. The molecule has 1 atom stereocenters. The molecule has 0 radical (unpaired) electrons. The quantitative estimate of drug-likeness (QED) is 0.490. The molecule has 13 heavy (non-hydrogen) atoms. The maximum atomic E-state index is 11.2. The van der Waals surface area contributed by atoms with Crippen LogP contribution >= 0.6 is 0 Å². The van der Waals surface area contributed by atoms with Gasteiger partial charge in [0.15, 0.2) is 6.10 Å². The van der Waals surface area contributed by atoms with Crippen LogP contribution in [0.15, 0.2) is 18.7 Å². The zero-order valence-corrected chi connectivity index (χ0v) is 7.10. The van der Waals surface area contributed by atoms with Gasteiger partial charge in [-0.1, -0.05) is 5.92 Å². The highest BCUT2D eigenvalue weighted by Gasteiger charge is 2.09. The van der Waals surface area contributed by atoms with Crippen LogP contribution < -0.4 is 0 Å². The van der Waals surface area contributed by atoms with E-state index in [9.17, 15) is 4.79 Å². The number of rotatable bonds is 2. The van der Waals surface area contributed by atoms with Crippen LogP contribution in [0.2, 0.25) is 0 Å². The van der Waals surface area contributed by atoms with E-state index < -0.39 is 12.1 Å². The minimum absolute atomic E-state index is 0.296. The molecule has 0 spiro atoms. The maximum absolute atomic E-state index is 11.2. The monoisotopic (exact) mass is 176 g/mol. The van der Waals surface area contributed by atoms with Crippen molar-refractivity contribution in [2.45, 2.75) is 13.0 Å². The standard InChI is InChI=1S/C9H8N2O2/c1-3-7(2)13-9(12)8-4-10-6-11-5-8/h1,4-7H,2H3. The van der Waals surface area contributed by atoms with Gasteiger partial charge in [0.25, 0.3) is 0 Å². The summed E-state index contributed by atoms with van der Waals surface area (Å²) in [6.07, 6.45) is 8.59. The van der Waals surface area contributed by atoms with Crippen LogP contribution in [-0.4, -0.2) is 22.0 Å². The number of ether oxygens (including phenoxy) is 1. The van der Waals surface area contributed by atoms with Gasteiger partial charge in [-0.15, -0.1) is 6.42 Å². The minimum Gasteiger partial charge on any atom is -0.446 e. The molecule has 0 N–H and O–H groups in total. The van der Waals surface area contributed by atoms with Crippen molar-refractivity contribution < 1.29 is 9.53 Å². The lowest BCUT2D eigenvalue weighted by Gasteiger charge is -2.05. The fraction of sp³-hybridized carbons (Fsp3) is 0.222. The Morgan fingerprint density at radius 1 is 1.62 bits per heavy atom. The summed E-state index contributed by atoms with van der Waals surface area (Å²) in [7, 11) is 0. The van der Waals surface area contributed by atoms with Crippen molar-refractivity contribution in [2.24, 2.45) is 0 Å². The van der Waals surface area contributed by atoms with Crippen LogP contribution in [-0.2, 0) is 4.74 Å². The van der Waals surface area contributed by atoms with Crippen molar-refractivity contribution in [2.75, 3.05) is 0 Å². The summed E-state index contributed by atoms with van der Waals surface area (Å²) < 4.78 is 4.83. The highest BCUT2D eigenvalue weighted by Crippen LogP contribution is 1.99. The van der Waals surface area contributed by atoms with Gasteiger partial charge in [-0.25, -0.2) is 14.8 Å². The first-order valence-corrected chi connectivity index (χ1v) is 3.66. The number of hydrogen-bond acceptors (Lipinski definition) is 4. The Labute approximate surface area is 76.0 Å². The molecule has 0 aliphatic carbocycles. The van der Waals surface area contributed by atoms with Crippen molar-refractivity contribution in [1.82, 2.24) is 9.97 Å². The van der Waals surface area contributed by atoms with Gasteiger partial charge in [0, 0.05) is 12.4 Å². The first-order chi connectivity index (χ1) is 6.24. The molecule has 66 valence electrons. The molecule has 1 unspecified atom stereocenters. The smallest absolute Gasteiger partial charge is 0.342 e. The number of hydrogen-bond donors (Lipinski definition) is 0. The molecule has 1 aromatic rings. The largest absolute Gasteiger partial charge is 0.446 e. The van der Waals surface area contributed by atoms with Crippen molar-refractivity contribution >= 4 is 5.97 Å². The summed E-state index contributed by atoms with van der Waals surface area (Å²) in [6.45, 7) is 1.61. The van der Waals surface area contributed by atoms with Crippen molar-refractivity contribution in [1.29, 1.82) is 0 Å². The molecule has 4 nitrogen and oxygen atoms in total. The highest BCUT2D eigenvalue weighted by molar-refractivity contribution is 5.88. The molecule has 4 heteroatoms. The minimum atomic E-state index is -0.535. The molecule has 0 aliphatic heterocycles. The molecular formula is C9H8N2O2. The molecule has 0 amide bonds. The number of carbonyl (C=O) groups excluding carboxylic acids is 1. The lowest BCUT2D eigenvalue weighted by molar-refractivity contribution is 0.0438. The van der Waals surface area contributed by atoms with E-state index in [0.717, 1.165) is 0 Å². The number of carbonyl (C=O) groups is 1. The lowest BCUT2D eigenvalue weighted by Crippen LogP contribution is -2.13. The normalized spacial score (nSPS) is 11.4. The van der Waals surface area contributed by atoms with E-state index in [1.165, 1.54) is 18.7 Å². The van der Waals surface area contributed by atoms with Crippen LogP contribution in [0.4, 0.5) is 0 Å². The van der Waals surface area contributed by atoms with Gasteiger partial charge < -0.3 is 4.74 Å². The molecule has 1 rings (SSSR count). The average Bonchev–Trinajstić information content (AvgIpc) is 2.19. The summed E-state index contributed by atoms with van der Waals surface area (Å²) >= 11 is 0. The Morgan fingerprint density at radius 3 is 2.77 bits per heavy atom. The third-order valence-corrected chi connectivity index (χ3v) is 1.31. The zero-order chi connectivity index (χ0) is 9.68. The van der Waals surface area contributed by atoms with E-state index in [1.54, 1.807) is 6.92 Å². The number of esters is 1. The Kier molecular flexibility index (Phi) is 2.98. The second-order valence-corrected chi connectivity index (χ2v) is 2.34. The SMILES string of the molecule is C#CC(C)OC(=O)c1cncnc1. The van der Waals surface area contributed by atoms with Gasteiger partial charge in [0.05, 0.1) is 5.56 Å². The Hall–Kier alpha value is -1.89. The molecular weight excluding hydrogens is 168 g/mol. The molecule has 0 fully saturated rings. The molecule has 1 heterocycles. The van der Waals surface area contributed by atoms with E-state index in [2.05, 4.69) is 15.9 Å². The van der Waals surface area contributed by atoms with Gasteiger partial charge in [-0.05, 0) is 6.92 Å². The average molecular weight is 176 g/mol. The third kappa shape index (κ3) is 2.56. The predicted molar refractivity (Wildman–Crippen MR) is 45.7 cm³/mol. The number of terminal acetylenes is 1. The second kappa shape index (κ2) is 4.21. The van der Waals surface area contributed by atoms with Crippen LogP contribution in [0.5, 0.6) is 0 Å². The number of nitrogens with zero attached hydrogens (tertiary/aromatic N) is 2. The summed E-state index contributed by atoms with van der Waals surface area (Å²) in [5, 5.41) is 0. The van der Waals surface area contributed by atoms with Gasteiger partial charge in [0.1, 0.15) is 6.33 Å². The second-order valence-electron chi connectivity index (χ2n) is 2.34. The van der Waals surface area contributed by atoms with E-state index in [-0.39, 0.29) is 0 Å². The van der Waals surface area contributed by atoms with Gasteiger partial charge in [0.2, 0.25) is 0 Å². The summed E-state index contributed by atoms with van der Waals surface area (Å²) in [5.41, 5.74) is 0.296. The first-order valence-electron chi connectivity index (χ1n) is 3.66. The summed E-state index contributed by atoms with van der Waals surface area (Å²) in [4.78, 5) is 18.6. The van der Waals surface area contributed by atoms with Crippen LogP contribution in [0.25, 0.3) is 0 Å². The molecule has 0 saturated carbocycles. The van der Waals surface area contributed by atoms with Gasteiger partial charge in [-0.2, -0.15) is 0 Å². The predicted octanol–water partition coefficient (Wildman–Crippen LogP) is 0.655. The van der Waals surface area contributed by atoms with Crippen molar-refractivity contribution in [3.63, 3.8) is 0 Å². The fourth-order valence-corrected chi connectivity index (χ4v) is 0.667. The van der Waals surface area contributed by atoms with E-state index in [0.29, 0.717) is 5.56 Å². The highest BCUT2D eigenvalue weighted by atomic mass is 16.5. The summed E-state index contributed by atoms with van der Waals surface area (Å²) in [6, 6.07) is 0. The number of aromatic nitrogens is 2. The Bertz CT molecular complexity index is 329. The van der Waals surface area contributed by atoms with E-state index in [1.807, 2.05) is 0 Å². The van der Waals surface area contributed by atoms with Crippen LogP contribution in [0.1, 0.15) is 17.3 Å². The Morgan fingerprint density at radius 2 is 2.23 bits per heavy atom. The molecule has 0 bridgehead atoms. The van der Waals surface area contributed by atoms with E-state index >= 15 is 0 Å². The topological polar surface area (TPSA) is 52.1 Å². The van der Waals surface area contributed by atoms with E-state index in [4.69, 9.17) is 11.2 Å². The zero-order valence-electron chi connectivity index (χ0n) is 7.10. The summed E-state index contributed by atoms with van der Waals surface area (Å²) in [5.74, 6) is 1.77. The van der Waals surface area contributed by atoms with Gasteiger partial charge >= 0.3 is 5.97 Å². The lowest BCUT2D eigenvalue weighted by atomic mass is 10.3. The molecule has 0 aliphatic rings. The van der Waals surface area contributed by atoms with Crippen molar-refractivity contribution in [3.8, 4) is 12.3 Å². The Balaban J connectivity index is 2.66. The fourth-order valence-electron chi connectivity index (χ4n) is 0.667. The maximum Gasteiger partial charge on any atom is 0.342 e. The molecule has 0 aromatic carbocycles. The molecule has 1 aromatic heterocycles. The first kappa shape index (κ1) is 9.20.